The van der Waals surface area contributed by atoms with E-state index in [0.717, 1.165) is 31.2 Å². The molecule has 2 heterocycles. The average Bonchev–Trinajstić information content (AvgIpc) is 3.60. The number of nitrogens with zero attached hydrogens (tertiary/aromatic N) is 2. The van der Waals surface area contributed by atoms with Crippen molar-refractivity contribution < 1.29 is 17.9 Å². The molecule has 29 heavy (non-hydrogen) atoms. The minimum atomic E-state index is -3.24. The molecular weight excluding hydrogens is 390 g/mol. The Hall–Kier alpha value is -2.32. The van der Waals surface area contributed by atoms with Gasteiger partial charge in [0, 0.05) is 25.6 Å². The van der Waals surface area contributed by atoms with Crippen molar-refractivity contribution in [3.63, 3.8) is 0 Å². The highest BCUT2D eigenvalue weighted by Crippen LogP contribution is 2.35. The van der Waals surface area contributed by atoms with Crippen LogP contribution in [0.25, 0.3) is 0 Å². The predicted octanol–water partition coefficient (Wildman–Crippen LogP) is 2.95. The Morgan fingerprint density at radius 1 is 1.10 bits per heavy atom. The summed E-state index contributed by atoms with van der Waals surface area (Å²) in [4.78, 5) is 21.5. The first-order valence-electron chi connectivity index (χ1n) is 10.0. The number of amides is 1. The highest BCUT2D eigenvalue weighted by Gasteiger charge is 2.37. The van der Waals surface area contributed by atoms with E-state index >= 15 is 0 Å². The lowest BCUT2D eigenvalue weighted by Crippen LogP contribution is -2.26. The molecule has 1 atom stereocenters. The molecule has 4 rings (SSSR count). The molecule has 1 aromatic heterocycles. The summed E-state index contributed by atoms with van der Waals surface area (Å²) >= 11 is 0. The lowest BCUT2D eigenvalue weighted by Gasteiger charge is -2.26. The molecule has 7 nitrogen and oxygen atoms in total. The van der Waals surface area contributed by atoms with Gasteiger partial charge in [0.25, 0.3) is 0 Å². The summed E-state index contributed by atoms with van der Waals surface area (Å²) in [5, 5.41) is 2.60. The van der Waals surface area contributed by atoms with Crippen molar-refractivity contribution in [3.05, 3.63) is 48.4 Å². The third-order valence-corrected chi connectivity index (χ3v) is 7.89. The Labute approximate surface area is 170 Å². The monoisotopic (exact) mass is 415 g/mol. The molecule has 0 bridgehead atoms. The molecule has 1 saturated carbocycles. The largest absolute Gasteiger partial charge is 0.381 e. The molecule has 0 unspecified atom stereocenters. The number of anilines is 1. The van der Waals surface area contributed by atoms with E-state index in [2.05, 4.69) is 15.3 Å². The number of carbonyl (C=O) groups is 1. The Kier molecular flexibility index (Phi) is 5.91. The van der Waals surface area contributed by atoms with Crippen LogP contribution in [0.2, 0.25) is 0 Å². The fraction of sp³-hybridized carbons (Fsp3) is 0.476. The van der Waals surface area contributed by atoms with Gasteiger partial charge >= 0.3 is 0 Å². The molecular formula is C21H25N3O4S. The van der Waals surface area contributed by atoms with Crippen molar-refractivity contribution in [1.29, 1.82) is 0 Å². The van der Waals surface area contributed by atoms with Gasteiger partial charge in [0.1, 0.15) is 0 Å². The third-order valence-electron chi connectivity index (χ3n) is 5.62. The number of nitrogens with one attached hydrogen (secondary N) is 1. The lowest BCUT2D eigenvalue weighted by atomic mass is 9.84. The van der Waals surface area contributed by atoms with Gasteiger partial charge in [-0.2, -0.15) is 0 Å². The van der Waals surface area contributed by atoms with E-state index in [0.29, 0.717) is 36.3 Å². The van der Waals surface area contributed by atoms with Crippen molar-refractivity contribution in [2.75, 3.05) is 18.5 Å². The van der Waals surface area contributed by atoms with Gasteiger partial charge in [-0.1, -0.05) is 12.1 Å². The van der Waals surface area contributed by atoms with Crippen LogP contribution in [0.3, 0.4) is 0 Å². The van der Waals surface area contributed by atoms with Crippen molar-refractivity contribution in [2.24, 2.45) is 5.92 Å². The first-order chi connectivity index (χ1) is 14.0. The minimum Gasteiger partial charge on any atom is -0.381 e. The van der Waals surface area contributed by atoms with E-state index in [1.54, 1.807) is 30.5 Å². The quantitative estimate of drug-likeness (QED) is 0.747. The number of ether oxygens (including phenoxy) is 1. The Morgan fingerprint density at radius 3 is 2.45 bits per heavy atom. The second-order valence-corrected chi connectivity index (χ2v) is 9.97. The molecule has 1 aromatic carbocycles. The summed E-state index contributed by atoms with van der Waals surface area (Å²) in [7, 11) is -3.24. The van der Waals surface area contributed by atoms with E-state index in [9.17, 15) is 13.2 Å². The Morgan fingerprint density at radius 2 is 1.83 bits per heavy atom. The van der Waals surface area contributed by atoms with Crippen LogP contribution in [0, 0.1) is 5.92 Å². The van der Waals surface area contributed by atoms with Crippen molar-refractivity contribution in [2.45, 2.75) is 48.2 Å². The maximum atomic E-state index is 13.1. The minimum absolute atomic E-state index is 0.158. The van der Waals surface area contributed by atoms with E-state index in [4.69, 9.17) is 4.74 Å². The fourth-order valence-electron chi connectivity index (χ4n) is 3.75. The maximum Gasteiger partial charge on any atom is 0.233 e. The summed E-state index contributed by atoms with van der Waals surface area (Å²) in [5.41, 5.74) is 0.813. The van der Waals surface area contributed by atoms with Gasteiger partial charge in [-0.25, -0.2) is 13.4 Å². The fourth-order valence-corrected chi connectivity index (χ4v) is 5.40. The number of aromatic nitrogens is 2. The van der Waals surface area contributed by atoms with Gasteiger partial charge in [0.2, 0.25) is 5.91 Å². The standard InChI is InChI=1S/C21H25N3O4S/c25-21(24-20-14-22-9-10-23-20)19(13-15-7-11-28-12-8-15)16-1-3-17(4-2-16)29(26,27)18-5-6-18/h1-4,9-10,14-15,18-19H,5-8,11-13H2,(H,23,24,25)/t19-/m1/s1. The maximum absolute atomic E-state index is 13.1. The van der Waals surface area contributed by atoms with Crippen LogP contribution in [-0.4, -0.2) is 42.8 Å². The van der Waals surface area contributed by atoms with Gasteiger partial charge in [-0.05, 0) is 55.7 Å². The molecule has 0 radical (unpaired) electrons. The summed E-state index contributed by atoms with van der Waals surface area (Å²) < 4.78 is 30.4. The molecule has 2 aliphatic rings. The van der Waals surface area contributed by atoms with Gasteiger partial charge in [0.15, 0.2) is 15.7 Å². The second kappa shape index (κ2) is 8.59. The zero-order valence-corrected chi connectivity index (χ0v) is 17.0. The third kappa shape index (κ3) is 4.82. The molecule has 1 aliphatic heterocycles. The van der Waals surface area contributed by atoms with E-state index in [-0.39, 0.29) is 11.2 Å². The zero-order valence-electron chi connectivity index (χ0n) is 16.2. The van der Waals surface area contributed by atoms with Crippen molar-refractivity contribution in [3.8, 4) is 0 Å². The summed E-state index contributed by atoms with van der Waals surface area (Å²) in [6.07, 6.45) is 8.58. The molecule has 1 amide bonds. The highest BCUT2D eigenvalue weighted by molar-refractivity contribution is 7.92. The van der Waals surface area contributed by atoms with Crippen LogP contribution in [0.4, 0.5) is 5.82 Å². The van der Waals surface area contributed by atoms with Crippen LogP contribution >= 0.6 is 0 Å². The van der Waals surface area contributed by atoms with E-state index in [1.165, 1.54) is 12.4 Å². The molecule has 1 aliphatic carbocycles. The topological polar surface area (TPSA) is 98.2 Å². The van der Waals surface area contributed by atoms with Crippen LogP contribution in [0.15, 0.2) is 47.8 Å². The number of benzene rings is 1. The van der Waals surface area contributed by atoms with E-state index in [1.807, 2.05) is 0 Å². The SMILES string of the molecule is O=C(Nc1cnccn1)[C@H](CC1CCOCC1)c1ccc(S(=O)(=O)C2CC2)cc1. The first-order valence-corrected chi connectivity index (χ1v) is 11.6. The van der Waals surface area contributed by atoms with Gasteiger partial charge in [-0.3, -0.25) is 9.78 Å². The number of hydrogen-bond donors (Lipinski definition) is 1. The molecule has 0 spiro atoms. The molecule has 154 valence electrons. The lowest BCUT2D eigenvalue weighted by molar-refractivity contribution is -0.118. The second-order valence-electron chi connectivity index (χ2n) is 7.74. The van der Waals surface area contributed by atoms with Crippen LogP contribution < -0.4 is 5.32 Å². The number of rotatable bonds is 7. The van der Waals surface area contributed by atoms with Crippen LogP contribution in [0.5, 0.6) is 0 Å². The van der Waals surface area contributed by atoms with Crippen molar-refractivity contribution in [1.82, 2.24) is 9.97 Å². The van der Waals surface area contributed by atoms with Gasteiger partial charge in [0.05, 0.1) is 22.3 Å². The molecule has 8 heteroatoms. The Balaban J connectivity index is 1.56. The molecule has 1 N–H and O–H groups in total. The molecule has 1 saturated heterocycles. The smallest absolute Gasteiger partial charge is 0.233 e. The average molecular weight is 416 g/mol. The normalized spacial score (nSPS) is 18.9. The van der Waals surface area contributed by atoms with E-state index < -0.39 is 15.8 Å². The van der Waals surface area contributed by atoms with Gasteiger partial charge in [-0.15, -0.1) is 0 Å². The first kappa shape index (κ1) is 20.0. The summed E-state index contributed by atoms with van der Waals surface area (Å²) in [6.45, 7) is 1.42. The number of carbonyl (C=O) groups excluding carboxylic acids is 1. The molecule has 2 fully saturated rings. The van der Waals surface area contributed by atoms with Crippen LogP contribution in [0.1, 0.15) is 43.6 Å². The summed E-state index contributed by atoms with van der Waals surface area (Å²) in [6, 6.07) is 6.82. The summed E-state index contributed by atoms with van der Waals surface area (Å²) in [5.74, 6) is 0.242. The van der Waals surface area contributed by atoms with Gasteiger partial charge < -0.3 is 10.1 Å². The van der Waals surface area contributed by atoms with Crippen LogP contribution in [-0.2, 0) is 19.4 Å². The predicted molar refractivity (Wildman–Crippen MR) is 108 cm³/mol. The van der Waals surface area contributed by atoms with Crippen molar-refractivity contribution >= 4 is 21.6 Å². The zero-order chi connectivity index (χ0) is 20.3. The number of hydrogen-bond acceptors (Lipinski definition) is 6. The molecule has 2 aromatic rings. The number of sulfone groups is 1. The Bertz CT molecular complexity index is 938. The highest BCUT2D eigenvalue weighted by atomic mass is 32.2.